The van der Waals surface area contributed by atoms with Crippen molar-refractivity contribution in [3.63, 3.8) is 0 Å². The van der Waals surface area contributed by atoms with Crippen molar-refractivity contribution in [1.29, 1.82) is 0 Å². The Kier molecular flexibility index (Phi) is 7.94. The number of nitrogens with zero attached hydrogens (tertiary/aromatic N) is 2. The normalized spacial score (nSPS) is 12.2. The number of hydrogen-bond acceptors (Lipinski definition) is 5. The van der Waals surface area contributed by atoms with Gasteiger partial charge in [-0.1, -0.05) is 47.7 Å². The minimum Gasteiger partial charge on any atom is -0.347 e. The van der Waals surface area contributed by atoms with Crippen molar-refractivity contribution in [3.8, 4) is 10.6 Å². The lowest BCUT2D eigenvalue weighted by atomic mass is 10.0. The van der Waals surface area contributed by atoms with Gasteiger partial charge in [-0.05, 0) is 29.7 Å². The summed E-state index contributed by atoms with van der Waals surface area (Å²) < 4.78 is 38.9. The zero-order valence-electron chi connectivity index (χ0n) is 15.9. The van der Waals surface area contributed by atoms with Gasteiger partial charge in [0, 0.05) is 19.0 Å². The molecular formula is C20H20ClF3N4OS. The predicted octanol–water partition coefficient (Wildman–Crippen LogP) is 4.52. The molecule has 1 aromatic heterocycles. The van der Waals surface area contributed by atoms with E-state index in [-0.39, 0.29) is 18.3 Å². The molecule has 5 nitrogen and oxygen atoms in total. The predicted molar refractivity (Wildman–Crippen MR) is 112 cm³/mol. The topological polar surface area (TPSA) is 80.9 Å². The zero-order chi connectivity index (χ0) is 21.0. The maximum Gasteiger partial charge on any atom is 0.416 e. The van der Waals surface area contributed by atoms with E-state index < -0.39 is 17.8 Å². The van der Waals surface area contributed by atoms with E-state index in [0.717, 1.165) is 34.6 Å². The first-order chi connectivity index (χ1) is 13.8. The quantitative estimate of drug-likeness (QED) is 0.571. The van der Waals surface area contributed by atoms with Gasteiger partial charge in [-0.15, -0.1) is 22.6 Å². The lowest BCUT2D eigenvalue weighted by Crippen LogP contribution is -2.27. The van der Waals surface area contributed by atoms with Crippen LogP contribution < -0.4 is 11.1 Å². The third-order valence-electron chi connectivity index (χ3n) is 4.25. The van der Waals surface area contributed by atoms with Gasteiger partial charge in [0.1, 0.15) is 10.0 Å². The standard InChI is InChI=1S/C20H19F3N4OS.ClH/c1-12(28)25-17(9-13-5-7-14(11-24)8-6-13)19-27-26-18(29-19)15-3-2-4-16(10-15)20(21,22)23;/h2-8,10,17H,9,11,24H2,1H3,(H,25,28);1H. The average Bonchev–Trinajstić information content (AvgIpc) is 3.17. The highest BCUT2D eigenvalue weighted by Gasteiger charge is 2.30. The van der Waals surface area contributed by atoms with E-state index in [9.17, 15) is 18.0 Å². The molecule has 3 N–H and O–H groups in total. The lowest BCUT2D eigenvalue weighted by Gasteiger charge is -2.15. The van der Waals surface area contributed by atoms with Crippen molar-refractivity contribution < 1.29 is 18.0 Å². The summed E-state index contributed by atoms with van der Waals surface area (Å²) in [6.45, 7) is 1.84. The van der Waals surface area contributed by atoms with Gasteiger partial charge < -0.3 is 11.1 Å². The first kappa shape index (κ1) is 23.8. The molecule has 0 aliphatic carbocycles. The molecule has 0 saturated carbocycles. The number of carbonyl (C=O) groups excluding carboxylic acids is 1. The van der Waals surface area contributed by atoms with E-state index in [1.54, 1.807) is 6.07 Å². The first-order valence-electron chi connectivity index (χ1n) is 8.82. The van der Waals surface area contributed by atoms with E-state index in [1.165, 1.54) is 13.0 Å². The van der Waals surface area contributed by atoms with Crippen LogP contribution in [-0.4, -0.2) is 16.1 Å². The van der Waals surface area contributed by atoms with Gasteiger partial charge in [0.05, 0.1) is 11.6 Å². The maximum absolute atomic E-state index is 13.0. The molecule has 1 heterocycles. The molecule has 3 aromatic rings. The van der Waals surface area contributed by atoms with Crippen molar-refractivity contribution >= 4 is 29.7 Å². The number of carbonyl (C=O) groups is 1. The largest absolute Gasteiger partial charge is 0.416 e. The molecule has 0 radical (unpaired) electrons. The van der Waals surface area contributed by atoms with E-state index in [2.05, 4.69) is 15.5 Å². The molecule has 10 heteroatoms. The van der Waals surface area contributed by atoms with Crippen molar-refractivity contribution in [2.75, 3.05) is 0 Å². The number of nitrogens with two attached hydrogens (primary N) is 1. The highest BCUT2D eigenvalue weighted by atomic mass is 35.5. The number of benzene rings is 2. The Morgan fingerprint density at radius 1 is 1.13 bits per heavy atom. The van der Waals surface area contributed by atoms with Gasteiger partial charge in [0.2, 0.25) is 5.91 Å². The molecular weight excluding hydrogens is 437 g/mol. The SMILES string of the molecule is CC(=O)NC(Cc1ccc(CN)cc1)c1nnc(-c2cccc(C(F)(F)F)c2)s1.Cl. The lowest BCUT2D eigenvalue weighted by molar-refractivity contribution is -0.137. The molecule has 0 aliphatic heterocycles. The Morgan fingerprint density at radius 3 is 2.40 bits per heavy atom. The molecule has 0 bridgehead atoms. The molecule has 0 saturated heterocycles. The van der Waals surface area contributed by atoms with Crippen molar-refractivity contribution in [2.24, 2.45) is 5.73 Å². The van der Waals surface area contributed by atoms with Gasteiger partial charge in [-0.2, -0.15) is 13.2 Å². The van der Waals surface area contributed by atoms with Crippen LogP contribution in [0.1, 0.15) is 34.7 Å². The van der Waals surface area contributed by atoms with E-state index in [4.69, 9.17) is 5.73 Å². The Hall–Kier alpha value is -2.49. The monoisotopic (exact) mass is 456 g/mol. The second-order valence-corrected chi connectivity index (χ2v) is 7.51. The summed E-state index contributed by atoms with van der Waals surface area (Å²) in [5, 5.41) is 11.9. The third-order valence-corrected chi connectivity index (χ3v) is 5.34. The van der Waals surface area contributed by atoms with Crippen LogP contribution in [-0.2, 0) is 23.9 Å². The number of aromatic nitrogens is 2. The summed E-state index contributed by atoms with van der Waals surface area (Å²) in [6, 6.07) is 12.2. The average molecular weight is 457 g/mol. The van der Waals surface area contributed by atoms with Gasteiger partial charge >= 0.3 is 6.18 Å². The molecule has 2 aromatic carbocycles. The fourth-order valence-electron chi connectivity index (χ4n) is 2.81. The molecule has 160 valence electrons. The summed E-state index contributed by atoms with van der Waals surface area (Å²) in [7, 11) is 0. The highest BCUT2D eigenvalue weighted by molar-refractivity contribution is 7.14. The van der Waals surface area contributed by atoms with Crippen LogP contribution in [0.3, 0.4) is 0 Å². The number of amides is 1. The molecule has 0 fully saturated rings. The van der Waals surface area contributed by atoms with Gasteiger partial charge in [-0.25, -0.2) is 0 Å². The minimum absolute atomic E-state index is 0. The van der Waals surface area contributed by atoms with Crippen molar-refractivity contribution in [1.82, 2.24) is 15.5 Å². The molecule has 0 aliphatic rings. The second kappa shape index (κ2) is 10.0. The highest BCUT2D eigenvalue weighted by Crippen LogP contribution is 2.34. The third kappa shape index (κ3) is 6.01. The molecule has 30 heavy (non-hydrogen) atoms. The maximum atomic E-state index is 13.0. The Balaban J connectivity index is 0.00000320. The summed E-state index contributed by atoms with van der Waals surface area (Å²) in [5.41, 5.74) is 7.16. The molecule has 0 spiro atoms. The van der Waals surface area contributed by atoms with Crippen LogP contribution in [0.5, 0.6) is 0 Å². The van der Waals surface area contributed by atoms with Crippen LogP contribution in [0, 0.1) is 0 Å². The van der Waals surface area contributed by atoms with Crippen LogP contribution >= 0.6 is 23.7 Å². The molecule has 1 amide bonds. The molecule has 3 rings (SSSR count). The zero-order valence-corrected chi connectivity index (χ0v) is 17.6. The number of nitrogens with one attached hydrogen (secondary N) is 1. The number of hydrogen-bond donors (Lipinski definition) is 2. The summed E-state index contributed by atoms with van der Waals surface area (Å²) >= 11 is 1.16. The van der Waals surface area contributed by atoms with Crippen molar-refractivity contribution in [2.45, 2.75) is 32.1 Å². The Morgan fingerprint density at radius 2 is 1.80 bits per heavy atom. The Bertz CT molecular complexity index is 992. The van der Waals surface area contributed by atoms with Crippen molar-refractivity contribution in [3.05, 3.63) is 70.2 Å². The summed E-state index contributed by atoms with van der Waals surface area (Å²) in [6.07, 6.45) is -3.96. The van der Waals surface area contributed by atoms with Gasteiger partial charge in [0.25, 0.3) is 0 Å². The summed E-state index contributed by atoms with van der Waals surface area (Å²) in [5.74, 6) is -0.232. The fraction of sp³-hybridized carbons (Fsp3) is 0.250. The van der Waals surface area contributed by atoms with Crippen LogP contribution in [0.2, 0.25) is 0 Å². The van der Waals surface area contributed by atoms with Gasteiger partial charge in [-0.3, -0.25) is 4.79 Å². The Labute approximate surface area is 181 Å². The van der Waals surface area contributed by atoms with Crippen LogP contribution in [0.25, 0.3) is 10.6 Å². The van der Waals surface area contributed by atoms with E-state index in [0.29, 0.717) is 28.5 Å². The number of alkyl halides is 3. The van der Waals surface area contributed by atoms with Gasteiger partial charge in [0.15, 0.2) is 0 Å². The number of rotatable bonds is 6. The van der Waals surface area contributed by atoms with E-state index in [1.807, 2.05) is 24.3 Å². The summed E-state index contributed by atoms with van der Waals surface area (Å²) in [4.78, 5) is 11.7. The minimum atomic E-state index is -4.43. The molecule has 1 atom stereocenters. The fourth-order valence-corrected chi connectivity index (χ4v) is 3.70. The second-order valence-electron chi connectivity index (χ2n) is 6.50. The first-order valence-corrected chi connectivity index (χ1v) is 9.64. The van der Waals surface area contributed by atoms with E-state index >= 15 is 0 Å². The molecule has 1 unspecified atom stereocenters. The smallest absolute Gasteiger partial charge is 0.347 e. The van der Waals surface area contributed by atoms with Crippen LogP contribution in [0.15, 0.2) is 48.5 Å². The number of halogens is 4. The van der Waals surface area contributed by atoms with Crippen LogP contribution in [0.4, 0.5) is 13.2 Å².